The van der Waals surface area contributed by atoms with E-state index in [-0.39, 0.29) is 17.3 Å². The molecule has 1 saturated heterocycles. The number of amides is 2. The summed E-state index contributed by atoms with van der Waals surface area (Å²) < 4.78 is 16.0. The van der Waals surface area contributed by atoms with Crippen molar-refractivity contribution in [1.29, 1.82) is 0 Å². The van der Waals surface area contributed by atoms with Gasteiger partial charge < -0.3 is 25.0 Å². The lowest BCUT2D eigenvalue weighted by Gasteiger charge is -2.30. The molecule has 7 nitrogen and oxygen atoms in total. The molecule has 2 aliphatic heterocycles. The van der Waals surface area contributed by atoms with Gasteiger partial charge >= 0.3 is 0 Å². The van der Waals surface area contributed by atoms with Crippen LogP contribution in [0.4, 0.5) is 10.1 Å². The molecule has 5 rings (SSSR count). The van der Waals surface area contributed by atoms with E-state index in [1.165, 1.54) is 11.8 Å². The lowest BCUT2D eigenvalue weighted by molar-refractivity contribution is -0.128. The molecule has 0 aliphatic carbocycles. The largest absolute Gasteiger partial charge is 0.369 e. The molecule has 3 aromatic rings. The van der Waals surface area contributed by atoms with Crippen molar-refractivity contribution in [1.82, 2.24) is 20.1 Å². The van der Waals surface area contributed by atoms with E-state index in [9.17, 15) is 9.59 Å². The maximum Gasteiger partial charge on any atom is 0.269 e. The number of rotatable bonds is 4. The van der Waals surface area contributed by atoms with Gasteiger partial charge in [0.25, 0.3) is 5.91 Å². The quantitative estimate of drug-likeness (QED) is 0.532. The number of aromatic amines is 1. The van der Waals surface area contributed by atoms with E-state index < -0.39 is 5.82 Å². The van der Waals surface area contributed by atoms with Crippen LogP contribution in [0.2, 0.25) is 5.02 Å². The van der Waals surface area contributed by atoms with E-state index in [1.807, 2.05) is 24.3 Å². The number of nitrogens with zero attached hydrogens (tertiary/aromatic N) is 3. The van der Waals surface area contributed by atoms with Crippen LogP contribution in [-0.4, -0.2) is 80.0 Å². The zero-order valence-corrected chi connectivity index (χ0v) is 22.1. The molecule has 194 valence electrons. The summed E-state index contributed by atoms with van der Waals surface area (Å²) >= 11 is 6.86. The fourth-order valence-electron chi connectivity index (χ4n) is 5.12. The second-order valence-electron chi connectivity index (χ2n) is 9.82. The standard InChI is InChI=1S/C28H31ClFN5O2/c1-17(36)35-10-4-5-18(16-35)21-14-22(23-15-25(28(37)33(2)3)32-27(23)26(21)30)20-7-6-19(13-24(20)29)34-11-8-31-9-12-34/h5-7,13-15,31-32H,4,8-12,16H2,1-3H3. The van der Waals surface area contributed by atoms with Crippen molar-refractivity contribution in [3.63, 3.8) is 0 Å². The summed E-state index contributed by atoms with van der Waals surface area (Å²) in [7, 11) is 3.32. The van der Waals surface area contributed by atoms with Gasteiger partial charge in [-0.05, 0) is 41.8 Å². The highest BCUT2D eigenvalue weighted by Gasteiger charge is 2.25. The van der Waals surface area contributed by atoms with E-state index >= 15 is 4.39 Å². The third-order valence-corrected chi connectivity index (χ3v) is 7.47. The first kappa shape index (κ1) is 25.3. The summed E-state index contributed by atoms with van der Waals surface area (Å²) in [6.07, 6.45) is 2.63. The first-order valence-electron chi connectivity index (χ1n) is 12.5. The first-order valence-corrected chi connectivity index (χ1v) is 12.9. The number of fused-ring (bicyclic) bond motifs is 1. The van der Waals surface area contributed by atoms with Gasteiger partial charge in [0.15, 0.2) is 5.82 Å². The highest BCUT2D eigenvalue weighted by Crippen LogP contribution is 2.40. The topological polar surface area (TPSA) is 71.7 Å². The molecule has 0 unspecified atom stereocenters. The van der Waals surface area contributed by atoms with Crippen molar-refractivity contribution < 1.29 is 14.0 Å². The van der Waals surface area contributed by atoms with Gasteiger partial charge in [-0.2, -0.15) is 0 Å². The molecule has 2 amide bonds. The highest BCUT2D eigenvalue weighted by molar-refractivity contribution is 6.34. The number of carbonyl (C=O) groups is 2. The number of halogens is 2. The number of anilines is 1. The zero-order valence-electron chi connectivity index (χ0n) is 21.3. The van der Waals surface area contributed by atoms with E-state index in [4.69, 9.17) is 11.6 Å². The van der Waals surface area contributed by atoms with Crippen LogP contribution in [0, 0.1) is 5.82 Å². The van der Waals surface area contributed by atoms with Gasteiger partial charge in [-0.25, -0.2) is 4.39 Å². The molecule has 3 heterocycles. The lowest BCUT2D eigenvalue weighted by Crippen LogP contribution is -2.43. The minimum Gasteiger partial charge on any atom is -0.369 e. The Bertz CT molecular complexity index is 1410. The Labute approximate surface area is 220 Å². The van der Waals surface area contributed by atoms with Crippen LogP contribution < -0.4 is 10.2 Å². The van der Waals surface area contributed by atoms with Crippen molar-refractivity contribution in [2.45, 2.75) is 13.3 Å². The molecule has 1 fully saturated rings. The fourth-order valence-corrected chi connectivity index (χ4v) is 5.40. The van der Waals surface area contributed by atoms with Crippen molar-refractivity contribution in [3.05, 3.63) is 58.5 Å². The predicted octanol–water partition coefficient (Wildman–Crippen LogP) is 4.37. The summed E-state index contributed by atoms with van der Waals surface area (Å²) in [5.41, 5.74) is 4.23. The van der Waals surface area contributed by atoms with E-state index in [0.717, 1.165) is 48.6 Å². The van der Waals surface area contributed by atoms with Gasteiger partial charge in [0.1, 0.15) is 5.69 Å². The maximum absolute atomic E-state index is 16.0. The molecule has 0 bridgehead atoms. The van der Waals surface area contributed by atoms with Crippen LogP contribution in [0.3, 0.4) is 0 Å². The number of benzene rings is 2. The predicted molar refractivity (Wildman–Crippen MR) is 147 cm³/mol. The maximum atomic E-state index is 16.0. The summed E-state index contributed by atoms with van der Waals surface area (Å²) in [5, 5.41) is 4.50. The number of hydrogen-bond donors (Lipinski definition) is 2. The number of nitrogens with one attached hydrogen (secondary N) is 2. The zero-order chi connectivity index (χ0) is 26.3. The molecule has 9 heteroatoms. The summed E-state index contributed by atoms with van der Waals surface area (Å²) in [6, 6.07) is 9.45. The third kappa shape index (κ3) is 4.83. The van der Waals surface area contributed by atoms with Crippen LogP contribution in [0.1, 0.15) is 29.4 Å². The average Bonchev–Trinajstić information content (AvgIpc) is 3.35. The smallest absolute Gasteiger partial charge is 0.269 e. The summed E-state index contributed by atoms with van der Waals surface area (Å²) in [6.45, 7) is 6.09. The van der Waals surface area contributed by atoms with Crippen molar-refractivity contribution in [2.75, 3.05) is 58.3 Å². The minimum atomic E-state index is -0.443. The molecule has 0 atom stereocenters. The van der Waals surface area contributed by atoms with E-state index in [0.29, 0.717) is 41.2 Å². The van der Waals surface area contributed by atoms with Crippen LogP contribution in [0.25, 0.3) is 27.6 Å². The second-order valence-corrected chi connectivity index (χ2v) is 10.2. The summed E-state index contributed by atoms with van der Waals surface area (Å²) in [5.74, 6) is -0.734. The molecule has 2 N–H and O–H groups in total. The minimum absolute atomic E-state index is 0.0439. The van der Waals surface area contributed by atoms with Gasteiger partial charge in [-0.3, -0.25) is 9.59 Å². The van der Waals surface area contributed by atoms with Crippen LogP contribution in [0.5, 0.6) is 0 Å². The van der Waals surface area contributed by atoms with Crippen LogP contribution in [-0.2, 0) is 4.79 Å². The fraction of sp³-hybridized carbons (Fsp3) is 0.357. The molecule has 0 radical (unpaired) electrons. The third-order valence-electron chi connectivity index (χ3n) is 7.16. The van der Waals surface area contributed by atoms with Crippen molar-refractivity contribution in [3.8, 4) is 11.1 Å². The Morgan fingerprint density at radius 2 is 1.78 bits per heavy atom. The van der Waals surface area contributed by atoms with Gasteiger partial charge in [0, 0.05) is 82.5 Å². The molecule has 2 aromatic carbocycles. The van der Waals surface area contributed by atoms with Gasteiger partial charge in [-0.1, -0.05) is 23.7 Å². The Hall–Kier alpha value is -3.36. The number of H-pyrrole nitrogens is 1. The van der Waals surface area contributed by atoms with E-state index in [1.54, 1.807) is 31.1 Å². The number of aromatic nitrogens is 1. The Balaban J connectivity index is 1.67. The SMILES string of the molecule is CC(=O)N1CCC=C(c2cc(-c3ccc(N4CCNCC4)cc3Cl)c3cc(C(=O)N(C)C)[nH]c3c2F)C1. The number of piperazine rings is 1. The molecular weight excluding hydrogens is 493 g/mol. The average molecular weight is 524 g/mol. The Morgan fingerprint density at radius 3 is 2.46 bits per heavy atom. The molecule has 1 aromatic heterocycles. The van der Waals surface area contributed by atoms with Crippen molar-refractivity contribution in [2.24, 2.45) is 0 Å². The molecule has 0 saturated carbocycles. The Kier molecular flexibility index (Phi) is 6.96. The molecule has 37 heavy (non-hydrogen) atoms. The van der Waals surface area contributed by atoms with Crippen LogP contribution >= 0.6 is 11.6 Å². The summed E-state index contributed by atoms with van der Waals surface area (Å²) in [4.78, 5) is 33.3. The number of hydrogen-bond acceptors (Lipinski definition) is 4. The second kappa shape index (κ2) is 10.2. The molecular formula is C28H31ClFN5O2. The molecule has 2 aliphatic rings. The van der Waals surface area contributed by atoms with E-state index in [2.05, 4.69) is 15.2 Å². The van der Waals surface area contributed by atoms with Gasteiger partial charge in [0.2, 0.25) is 5.91 Å². The number of carbonyl (C=O) groups excluding carboxylic acids is 2. The first-order chi connectivity index (χ1) is 17.7. The lowest BCUT2D eigenvalue weighted by atomic mass is 9.93. The van der Waals surface area contributed by atoms with Gasteiger partial charge in [-0.15, -0.1) is 0 Å². The van der Waals surface area contributed by atoms with Crippen LogP contribution in [0.15, 0.2) is 36.4 Å². The normalized spacial score (nSPS) is 16.2. The monoisotopic (exact) mass is 523 g/mol. The van der Waals surface area contributed by atoms with Gasteiger partial charge in [0.05, 0.1) is 10.5 Å². The molecule has 0 spiro atoms. The highest BCUT2D eigenvalue weighted by atomic mass is 35.5. The van der Waals surface area contributed by atoms with Crippen molar-refractivity contribution >= 4 is 45.6 Å². The Morgan fingerprint density at radius 1 is 1.03 bits per heavy atom.